The van der Waals surface area contributed by atoms with Gasteiger partial charge in [-0.3, -0.25) is 0 Å². The first kappa shape index (κ1) is 13.1. The fourth-order valence-corrected chi connectivity index (χ4v) is 1.29. The van der Waals surface area contributed by atoms with Gasteiger partial charge in [0.1, 0.15) is 0 Å². The molecular formula is C12H10O4S. The van der Waals surface area contributed by atoms with Gasteiger partial charge in [0.15, 0.2) is 0 Å². The molecule has 0 aromatic heterocycles. The summed E-state index contributed by atoms with van der Waals surface area (Å²) in [6.45, 7) is 0. The number of carbonyl (C=O) groups is 2. The second-order valence-electron chi connectivity index (χ2n) is 3.15. The predicted molar refractivity (Wildman–Crippen MR) is 65.7 cm³/mol. The van der Waals surface area contributed by atoms with Crippen LogP contribution < -0.4 is 0 Å². The molecule has 5 heteroatoms. The maximum absolute atomic E-state index is 11.0. The van der Waals surface area contributed by atoms with Crippen LogP contribution in [-0.2, 0) is 0 Å². The summed E-state index contributed by atoms with van der Waals surface area (Å²) in [5, 5.41) is 17.7. The van der Waals surface area contributed by atoms with Crippen LogP contribution in [0, 0.1) is 11.8 Å². The highest BCUT2D eigenvalue weighted by molar-refractivity contribution is 7.80. The topological polar surface area (TPSA) is 74.6 Å². The van der Waals surface area contributed by atoms with Gasteiger partial charge in [0.05, 0.1) is 11.1 Å². The minimum absolute atomic E-state index is 0.0675. The van der Waals surface area contributed by atoms with Crippen LogP contribution in [0.3, 0.4) is 0 Å². The van der Waals surface area contributed by atoms with Crippen molar-refractivity contribution in [1.82, 2.24) is 0 Å². The predicted octanol–water partition coefficient (Wildman–Crippen LogP) is 1.75. The minimum Gasteiger partial charge on any atom is -0.478 e. The normalized spacial score (nSPS) is 9.24. The lowest BCUT2D eigenvalue weighted by molar-refractivity contribution is 0.0695. The Morgan fingerprint density at radius 1 is 1.24 bits per heavy atom. The molecule has 0 aliphatic carbocycles. The van der Waals surface area contributed by atoms with E-state index in [2.05, 4.69) is 24.5 Å². The molecule has 0 saturated carbocycles. The molecule has 1 rings (SSSR count). The second-order valence-corrected chi connectivity index (χ2v) is 3.59. The average molecular weight is 250 g/mol. The molecule has 0 radical (unpaired) electrons. The van der Waals surface area contributed by atoms with Crippen molar-refractivity contribution < 1.29 is 19.8 Å². The van der Waals surface area contributed by atoms with E-state index in [0.29, 0.717) is 17.7 Å². The van der Waals surface area contributed by atoms with Gasteiger partial charge >= 0.3 is 11.9 Å². The van der Waals surface area contributed by atoms with Gasteiger partial charge in [-0.2, -0.15) is 12.6 Å². The van der Waals surface area contributed by atoms with Gasteiger partial charge in [0.2, 0.25) is 0 Å². The van der Waals surface area contributed by atoms with Crippen LogP contribution in [0.1, 0.15) is 32.7 Å². The molecule has 88 valence electrons. The molecule has 0 aliphatic heterocycles. The zero-order valence-corrected chi connectivity index (χ0v) is 9.70. The lowest BCUT2D eigenvalue weighted by atomic mass is 10.0. The van der Waals surface area contributed by atoms with E-state index in [1.54, 1.807) is 0 Å². The second kappa shape index (κ2) is 5.97. The maximum atomic E-state index is 11.0. The van der Waals surface area contributed by atoms with Crippen molar-refractivity contribution in [2.75, 3.05) is 5.75 Å². The molecule has 0 heterocycles. The third-order valence-corrected chi connectivity index (χ3v) is 2.18. The molecule has 0 saturated heterocycles. The number of carboxylic acids is 2. The van der Waals surface area contributed by atoms with Crippen molar-refractivity contribution in [2.45, 2.75) is 6.42 Å². The third-order valence-electron chi connectivity index (χ3n) is 1.96. The molecule has 0 atom stereocenters. The van der Waals surface area contributed by atoms with Crippen LogP contribution >= 0.6 is 12.6 Å². The van der Waals surface area contributed by atoms with Crippen LogP contribution in [0.4, 0.5) is 0 Å². The molecule has 0 spiro atoms. The summed E-state index contributed by atoms with van der Waals surface area (Å²) < 4.78 is 0. The zero-order valence-electron chi connectivity index (χ0n) is 8.80. The Morgan fingerprint density at radius 2 is 1.94 bits per heavy atom. The quantitative estimate of drug-likeness (QED) is 0.564. The van der Waals surface area contributed by atoms with E-state index in [0.717, 1.165) is 6.07 Å². The molecular weight excluding hydrogens is 240 g/mol. The number of aromatic carboxylic acids is 2. The van der Waals surface area contributed by atoms with Gasteiger partial charge in [-0.25, -0.2) is 9.59 Å². The van der Waals surface area contributed by atoms with Crippen molar-refractivity contribution in [3.63, 3.8) is 0 Å². The molecule has 0 aliphatic rings. The molecule has 0 fully saturated rings. The number of thiol groups is 1. The Balaban J connectivity index is 3.19. The zero-order chi connectivity index (χ0) is 12.8. The first-order chi connectivity index (χ1) is 8.06. The first-order valence-corrected chi connectivity index (χ1v) is 5.40. The van der Waals surface area contributed by atoms with Crippen molar-refractivity contribution in [3.05, 3.63) is 34.9 Å². The SMILES string of the molecule is O=C(O)c1ccc(C#CCCS)c(C(=O)O)c1. The summed E-state index contributed by atoms with van der Waals surface area (Å²) in [5.41, 5.74) is 0.142. The highest BCUT2D eigenvalue weighted by Crippen LogP contribution is 2.11. The van der Waals surface area contributed by atoms with Gasteiger partial charge in [0.25, 0.3) is 0 Å². The average Bonchev–Trinajstić information content (AvgIpc) is 2.29. The maximum Gasteiger partial charge on any atom is 0.336 e. The van der Waals surface area contributed by atoms with Crippen LogP contribution in [0.5, 0.6) is 0 Å². The van der Waals surface area contributed by atoms with Crippen LogP contribution in [0.15, 0.2) is 18.2 Å². The van der Waals surface area contributed by atoms with Gasteiger partial charge < -0.3 is 10.2 Å². The van der Waals surface area contributed by atoms with Gasteiger partial charge in [0, 0.05) is 17.7 Å². The molecule has 0 bridgehead atoms. The van der Waals surface area contributed by atoms with E-state index in [9.17, 15) is 9.59 Å². The highest BCUT2D eigenvalue weighted by Gasteiger charge is 2.12. The van der Waals surface area contributed by atoms with E-state index < -0.39 is 11.9 Å². The van der Waals surface area contributed by atoms with E-state index >= 15 is 0 Å². The first-order valence-electron chi connectivity index (χ1n) is 4.76. The lowest BCUT2D eigenvalue weighted by Gasteiger charge is -2.01. The van der Waals surface area contributed by atoms with Crippen LogP contribution in [-0.4, -0.2) is 27.9 Å². The Bertz CT molecular complexity index is 511. The van der Waals surface area contributed by atoms with Crippen molar-refractivity contribution in [1.29, 1.82) is 0 Å². The molecule has 17 heavy (non-hydrogen) atoms. The van der Waals surface area contributed by atoms with E-state index in [4.69, 9.17) is 10.2 Å². The lowest BCUT2D eigenvalue weighted by Crippen LogP contribution is -2.04. The number of carboxylic acid groups (broad SMARTS) is 2. The molecule has 1 aromatic carbocycles. The van der Waals surface area contributed by atoms with E-state index in [1.807, 2.05) is 0 Å². The fraction of sp³-hybridized carbons (Fsp3) is 0.167. The Morgan fingerprint density at radius 3 is 2.47 bits per heavy atom. The third kappa shape index (κ3) is 3.54. The van der Waals surface area contributed by atoms with Gasteiger partial charge in [-0.05, 0) is 18.2 Å². The Hall–Kier alpha value is -1.93. The Kier molecular flexibility index (Phi) is 4.61. The van der Waals surface area contributed by atoms with Crippen molar-refractivity contribution >= 4 is 24.6 Å². The Labute approximate surface area is 104 Å². The monoisotopic (exact) mass is 250 g/mol. The smallest absolute Gasteiger partial charge is 0.336 e. The standard InChI is InChI=1S/C12H10O4S/c13-11(14)9-5-4-8(3-1-2-6-17)10(7-9)12(15)16/h4-5,7,17H,2,6H2,(H,13,14)(H,15,16). The highest BCUT2D eigenvalue weighted by atomic mass is 32.1. The minimum atomic E-state index is -1.19. The summed E-state index contributed by atoms with van der Waals surface area (Å²) in [5.74, 6) is 3.68. The van der Waals surface area contributed by atoms with Crippen LogP contribution in [0.2, 0.25) is 0 Å². The summed E-state index contributed by atoms with van der Waals surface area (Å²) in [6, 6.07) is 3.84. The summed E-state index contributed by atoms with van der Waals surface area (Å²) >= 11 is 3.98. The number of hydrogen-bond acceptors (Lipinski definition) is 3. The van der Waals surface area contributed by atoms with Gasteiger partial charge in [-0.1, -0.05) is 11.8 Å². The molecule has 0 unspecified atom stereocenters. The molecule has 2 N–H and O–H groups in total. The fourth-order valence-electron chi connectivity index (χ4n) is 1.18. The van der Waals surface area contributed by atoms with E-state index in [-0.39, 0.29) is 11.1 Å². The van der Waals surface area contributed by atoms with Gasteiger partial charge in [-0.15, -0.1) is 0 Å². The van der Waals surface area contributed by atoms with Crippen molar-refractivity contribution in [3.8, 4) is 11.8 Å². The molecule has 0 amide bonds. The number of rotatable bonds is 3. The summed E-state index contributed by atoms with van der Waals surface area (Å²) in [6.07, 6.45) is 0.544. The summed E-state index contributed by atoms with van der Waals surface area (Å²) in [4.78, 5) is 21.7. The number of hydrogen-bond donors (Lipinski definition) is 3. The molecule has 4 nitrogen and oxygen atoms in total. The van der Waals surface area contributed by atoms with Crippen molar-refractivity contribution in [2.24, 2.45) is 0 Å². The largest absolute Gasteiger partial charge is 0.478 e. The van der Waals surface area contributed by atoms with Crippen LogP contribution in [0.25, 0.3) is 0 Å². The summed E-state index contributed by atoms with van der Waals surface area (Å²) in [7, 11) is 0. The van der Waals surface area contributed by atoms with E-state index in [1.165, 1.54) is 12.1 Å². The number of benzene rings is 1. The molecule has 1 aromatic rings.